The van der Waals surface area contributed by atoms with Crippen molar-refractivity contribution in [1.29, 1.82) is 0 Å². The van der Waals surface area contributed by atoms with Gasteiger partial charge in [-0.05, 0) is 43.9 Å². The minimum absolute atomic E-state index is 0.579. The fraction of sp³-hybridized carbons (Fsp3) is 0.765. The molecule has 2 rings (SSSR count). The van der Waals surface area contributed by atoms with Gasteiger partial charge in [-0.3, -0.25) is 4.99 Å². The van der Waals surface area contributed by atoms with Crippen LogP contribution < -0.4 is 10.6 Å². The molecule has 2 N–H and O–H groups in total. The van der Waals surface area contributed by atoms with Gasteiger partial charge in [-0.15, -0.1) is 0 Å². The van der Waals surface area contributed by atoms with Gasteiger partial charge in [0.25, 0.3) is 0 Å². The minimum Gasteiger partial charge on any atom is -0.356 e. The van der Waals surface area contributed by atoms with Crippen molar-refractivity contribution in [2.75, 3.05) is 13.6 Å². The molecule has 1 fully saturated rings. The molecule has 1 aromatic rings. The van der Waals surface area contributed by atoms with Gasteiger partial charge in [0, 0.05) is 38.6 Å². The van der Waals surface area contributed by atoms with Crippen molar-refractivity contribution < 1.29 is 0 Å². The minimum atomic E-state index is 0.579. The van der Waals surface area contributed by atoms with Gasteiger partial charge in [0.05, 0.1) is 6.33 Å². The van der Waals surface area contributed by atoms with E-state index in [-0.39, 0.29) is 0 Å². The molecule has 5 heteroatoms. The van der Waals surface area contributed by atoms with Crippen molar-refractivity contribution in [3.8, 4) is 0 Å². The number of hydrogen-bond acceptors (Lipinski definition) is 2. The first-order chi connectivity index (χ1) is 10.7. The Morgan fingerprint density at radius 1 is 1.32 bits per heavy atom. The maximum atomic E-state index is 4.35. The highest BCUT2D eigenvalue weighted by atomic mass is 15.2. The Balaban J connectivity index is 1.63. The standard InChI is InChI=1S/C17H31N5/c1-14(2)15-5-7-16(8-6-15)21-17(18-3)20-9-4-11-22-12-10-19-13-22/h10,12-16H,4-9,11H2,1-3H3,(H2,18,20,21). The summed E-state index contributed by atoms with van der Waals surface area (Å²) >= 11 is 0. The first kappa shape index (κ1) is 16.8. The summed E-state index contributed by atoms with van der Waals surface area (Å²) in [6, 6.07) is 0.579. The highest BCUT2D eigenvalue weighted by molar-refractivity contribution is 5.79. The summed E-state index contributed by atoms with van der Waals surface area (Å²) in [5.41, 5.74) is 0. The van der Waals surface area contributed by atoms with Gasteiger partial charge >= 0.3 is 0 Å². The monoisotopic (exact) mass is 305 g/mol. The lowest BCUT2D eigenvalue weighted by Crippen LogP contribution is -2.45. The molecule has 5 nitrogen and oxygen atoms in total. The summed E-state index contributed by atoms with van der Waals surface area (Å²) in [6.45, 7) is 6.61. The molecule has 124 valence electrons. The molecule has 0 aliphatic heterocycles. The molecule has 22 heavy (non-hydrogen) atoms. The van der Waals surface area contributed by atoms with Crippen LogP contribution in [-0.2, 0) is 6.54 Å². The predicted octanol–water partition coefficient (Wildman–Crippen LogP) is 2.65. The molecular weight excluding hydrogens is 274 g/mol. The third-order valence-corrected chi connectivity index (χ3v) is 4.72. The number of imidazole rings is 1. The van der Waals surface area contributed by atoms with Gasteiger partial charge in [0.2, 0.25) is 0 Å². The lowest BCUT2D eigenvalue weighted by atomic mass is 9.80. The van der Waals surface area contributed by atoms with Gasteiger partial charge in [-0.25, -0.2) is 4.98 Å². The van der Waals surface area contributed by atoms with E-state index < -0.39 is 0 Å². The molecule has 1 aliphatic rings. The number of nitrogens with zero attached hydrogens (tertiary/aromatic N) is 3. The Bertz CT molecular complexity index is 430. The average Bonchev–Trinajstić information content (AvgIpc) is 3.04. The normalized spacial score (nSPS) is 22.8. The molecule has 0 spiro atoms. The number of hydrogen-bond donors (Lipinski definition) is 2. The Hall–Kier alpha value is -1.52. The van der Waals surface area contributed by atoms with E-state index >= 15 is 0 Å². The van der Waals surface area contributed by atoms with Crippen LogP contribution in [0.25, 0.3) is 0 Å². The molecule has 0 amide bonds. The van der Waals surface area contributed by atoms with Gasteiger partial charge in [-0.1, -0.05) is 13.8 Å². The Morgan fingerprint density at radius 2 is 2.09 bits per heavy atom. The lowest BCUT2D eigenvalue weighted by molar-refractivity contribution is 0.250. The van der Waals surface area contributed by atoms with Crippen LogP contribution in [0.15, 0.2) is 23.7 Å². The third-order valence-electron chi connectivity index (χ3n) is 4.72. The zero-order valence-corrected chi connectivity index (χ0v) is 14.3. The SMILES string of the molecule is CN=C(NCCCn1ccnc1)NC1CCC(C(C)C)CC1. The largest absolute Gasteiger partial charge is 0.356 e. The Kier molecular flexibility index (Phi) is 6.74. The third kappa shape index (κ3) is 5.35. The number of aromatic nitrogens is 2. The van der Waals surface area contributed by atoms with Crippen molar-refractivity contribution in [3.63, 3.8) is 0 Å². The highest BCUT2D eigenvalue weighted by Crippen LogP contribution is 2.29. The van der Waals surface area contributed by atoms with Crippen LogP contribution in [0, 0.1) is 11.8 Å². The topological polar surface area (TPSA) is 54.2 Å². The summed E-state index contributed by atoms with van der Waals surface area (Å²) in [6.07, 6.45) is 12.0. The molecule has 0 saturated heterocycles. The molecule has 0 bridgehead atoms. The smallest absolute Gasteiger partial charge is 0.191 e. The first-order valence-electron chi connectivity index (χ1n) is 8.62. The Morgan fingerprint density at radius 3 is 2.68 bits per heavy atom. The van der Waals surface area contributed by atoms with Crippen molar-refractivity contribution in [2.45, 2.75) is 58.5 Å². The number of guanidine groups is 1. The predicted molar refractivity (Wildman–Crippen MR) is 91.9 cm³/mol. The molecule has 0 aromatic carbocycles. The van der Waals surface area contributed by atoms with Gasteiger partial charge < -0.3 is 15.2 Å². The van der Waals surface area contributed by atoms with E-state index in [1.165, 1.54) is 25.7 Å². The molecule has 0 atom stereocenters. The van der Waals surface area contributed by atoms with Gasteiger partial charge in [0.15, 0.2) is 5.96 Å². The zero-order chi connectivity index (χ0) is 15.8. The molecule has 1 aromatic heterocycles. The number of aliphatic imine (C=N–C) groups is 1. The second-order valence-electron chi connectivity index (χ2n) is 6.65. The van der Waals surface area contributed by atoms with Crippen LogP contribution in [0.5, 0.6) is 0 Å². The van der Waals surface area contributed by atoms with E-state index in [4.69, 9.17) is 0 Å². The molecule has 1 saturated carbocycles. The van der Waals surface area contributed by atoms with E-state index in [0.29, 0.717) is 6.04 Å². The van der Waals surface area contributed by atoms with E-state index in [1.54, 1.807) is 0 Å². The number of nitrogens with one attached hydrogen (secondary N) is 2. The van der Waals surface area contributed by atoms with E-state index in [1.807, 2.05) is 25.8 Å². The van der Waals surface area contributed by atoms with E-state index in [9.17, 15) is 0 Å². The van der Waals surface area contributed by atoms with Crippen molar-refractivity contribution in [3.05, 3.63) is 18.7 Å². The quantitative estimate of drug-likeness (QED) is 0.482. The average molecular weight is 305 g/mol. The number of rotatable bonds is 6. The van der Waals surface area contributed by atoms with Crippen LogP contribution in [0.2, 0.25) is 0 Å². The van der Waals surface area contributed by atoms with Crippen LogP contribution in [0.4, 0.5) is 0 Å². The van der Waals surface area contributed by atoms with Crippen LogP contribution in [-0.4, -0.2) is 35.1 Å². The van der Waals surface area contributed by atoms with E-state index in [2.05, 4.69) is 39.0 Å². The maximum Gasteiger partial charge on any atom is 0.191 e. The maximum absolute atomic E-state index is 4.35. The van der Waals surface area contributed by atoms with E-state index in [0.717, 1.165) is 37.3 Å². The summed E-state index contributed by atoms with van der Waals surface area (Å²) in [5, 5.41) is 7.00. The second-order valence-corrected chi connectivity index (χ2v) is 6.65. The fourth-order valence-electron chi connectivity index (χ4n) is 3.21. The van der Waals surface area contributed by atoms with Crippen LogP contribution >= 0.6 is 0 Å². The molecule has 1 aliphatic carbocycles. The highest BCUT2D eigenvalue weighted by Gasteiger charge is 2.23. The molecule has 1 heterocycles. The summed E-state index contributed by atoms with van der Waals surface area (Å²) in [5.74, 6) is 2.67. The zero-order valence-electron chi connectivity index (χ0n) is 14.3. The number of aryl methyl sites for hydroxylation is 1. The van der Waals surface area contributed by atoms with Gasteiger partial charge in [-0.2, -0.15) is 0 Å². The fourth-order valence-corrected chi connectivity index (χ4v) is 3.21. The summed E-state index contributed by atoms with van der Waals surface area (Å²) < 4.78 is 2.10. The second kappa shape index (κ2) is 8.81. The first-order valence-corrected chi connectivity index (χ1v) is 8.62. The van der Waals surface area contributed by atoms with Crippen molar-refractivity contribution in [1.82, 2.24) is 20.2 Å². The summed E-state index contributed by atoms with van der Waals surface area (Å²) in [4.78, 5) is 8.40. The lowest BCUT2D eigenvalue weighted by Gasteiger charge is -2.32. The van der Waals surface area contributed by atoms with Gasteiger partial charge in [0.1, 0.15) is 0 Å². The van der Waals surface area contributed by atoms with Crippen molar-refractivity contribution >= 4 is 5.96 Å². The molecular formula is C17H31N5. The van der Waals surface area contributed by atoms with Crippen molar-refractivity contribution in [2.24, 2.45) is 16.8 Å². The summed E-state index contributed by atoms with van der Waals surface area (Å²) in [7, 11) is 1.85. The van der Waals surface area contributed by atoms with Crippen LogP contribution in [0.3, 0.4) is 0 Å². The molecule has 0 unspecified atom stereocenters. The molecule has 0 radical (unpaired) electrons. The Labute approximate surface area is 134 Å². The van der Waals surface area contributed by atoms with Crippen LogP contribution in [0.1, 0.15) is 46.0 Å².